The van der Waals surface area contributed by atoms with Crippen LogP contribution in [0.2, 0.25) is 0 Å². The molecule has 0 saturated heterocycles. The minimum absolute atomic E-state index is 0.116. The first-order valence-electron chi connectivity index (χ1n) is 3.03. The Bertz CT molecular complexity index is 161. The number of rotatable bonds is 0. The first kappa shape index (κ1) is 9.87. The smallest absolute Gasteiger partial charge is 0.177 e. The molecule has 0 amide bonds. The standard InChI is InChI=1S/C6H6.CH5N3S/c1-2-4-6-5-3-1;2-1(5)4-3/h1-6H;3H2,(H3,2,4,5). The highest BCUT2D eigenvalue weighted by molar-refractivity contribution is 7.80. The topological polar surface area (TPSA) is 64.1 Å². The molecule has 0 bridgehead atoms. The Labute approximate surface area is 71.4 Å². The van der Waals surface area contributed by atoms with E-state index in [1.807, 2.05) is 41.8 Å². The summed E-state index contributed by atoms with van der Waals surface area (Å²) in [5, 5.41) is 0.116. The van der Waals surface area contributed by atoms with E-state index < -0.39 is 0 Å². The highest BCUT2D eigenvalue weighted by atomic mass is 32.1. The highest BCUT2D eigenvalue weighted by Gasteiger charge is 1.66. The number of hydrogen-bond acceptors (Lipinski definition) is 2. The molecule has 0 unspecified atom stereocenters. The summed E-state index contributed by atoms with van der Waals surface area (Å²) in [5.41, 5.74) is 6.82. The lowest BCUT2D eigenvalue weighted by Gasteiger charge is -1.85. The summed E-state index contributed by atoms with van der Waals surface area (Å²) in [5.74, 6) is 4.66. The first-order valence-corrected chi connectivity index (χ1v) is 3.44. The van der Waals surface area contributed by atoms with Crippen molar-refractivity contribution < 1.29 is 0 Å². The van der Waals surface area contributed by atoms with Gasteiger partial charge in [0.15, 0.2) is 5.11 Å². The Balaban J connectivity index is 0.000000187. The van der Waals surface area contributed by atoms with E-state index in [0.717, 1.165) is 0 Å². The van der Waals surface area contributed by atoms with Crippen LogP contribution in [0.3, 0.4) is 0 Å². The second-order valence-electron chi connectivity index (χ2n) is 1.66. The average Bonchev–Trinajstić information content (AvgIpc) is 2.09. The molecule has 0 aromatic heterocycles. The van der Waals surface area contributed by atoms with Crippen LogP contribution in [0.4, 0.5) is 0 Å². The van der Waals surface area contributed by atoms with Crippen molar-refractivity contribution in [2.24, 2.45) is 11.6 Å². The predicted octanol–water partition coefficient (Wildman–Crippen LogP) is 0.380. The van der Waals surface area contributed by atoms with E-state index in [9.17, 15) is 0 Å². The van der Waals surface area contributed by atoms with Crippen molar-refractivity contribution in [1.29, 1.82) is 0 Å². The molecular formula is C7H11N3S. The molecule has 0 atom stereocenters. The van der Waals surface area contributed by atoms with E-state index in [4.69, 9.17) is 5.73 Å². The Morgan fingerprint density at radius 1 is 1.00 bits per heavy atom. The van der Waals surface area contributed by atoms with Gasteiger partial charge in [-0.2, -0.15) is 0 Å². The van der Waals surface area contributed by atoms with Gasteiger partial charge in [0.2, 0.25) is 0 Å². The lowest BCUT2D eigenvalue weighted by molar-refractivity contribution is 1.03. The van der Waals surface area contributed by atoms with Crippen LogP contribution in [0.15, 0.2) is 36.4 Å². The minimum Gasteiger partial charge on any atom is -0.375 e. The van der Waals surface area contributed by atoms with Crippen molar-refractivity contribution in [2.45, 2.75) is 0 Å². The summed E-state index contributed by atoms with van der Waals surface area (Å²) in [7, 11) is 0. The van der Waals surface area contributed by atoms with Crippen LogP contribution in [0.5, 0.6) is 0 Å². The summed E-state index contributed by atoms with van der Waals surface area (Å²) in [6.45, 7) is 0. The molecule has 1 aromatic rings. The summed E-state index contributed by atoms with van der Waals surface area (Å²) >= 11 is 4.24. The van der Waals surface area contributed by atoms with Crippen molar-refractivity contribution in [1.82, 2.24) is 5.43 Å². The first-order chi connectivity index (χ1) is 5.27. The zero-order chi connectivity index (χ0) is 8.53. The summed E-state index contributed by atoms with van der Waals surface area (Å²) in [6.07, 6.45) is 0. The number of thiocarbonyl (C=S) groups is 1. The van der Waals surface area contributed by atoms with Crippen LogP contribution in [-0.2, 0) is 0 Å². The minimum atomic E-state index is 0.116. The molecule has 1 rings (SSSR count). The molecule has 60 valence electrons. The number of benzene rings is 1. The number of hydrogen-bond donors (Lipinski definition) is 3. The summed E-state index contributed by atoms with van der Waals surface area (Å²) < 4.78 is 0. The van der Waals surface area contributed by atoms with Gasteiger partial charge < -0.3 is 11.2 Å². The lowest BCUT2D eigenvalue weighted by Crippen LogP contribution is -2.34. The SMILES string of the molecule is NNC(N)=S.c1ccccc1. The van der Waals surface area contributed by atoms with Gasteiger partial charge in [0.1, 0.15) is 0 Å². The third kappa shape index (κ3) is 8.87. The molecule has 0 spiro atoms. The van der Waals surface area contributed by atoms with Gasteiger partial charge in [0, 0.05) is 0 Å². The van der Waals surface area contributed by atoms with Gasteiger partial charge in [-0.3, -0.25) is 0 Å². The zero-order valence-electron chi connectivity index (χ0n) is 6.03. The highest BCUT2D eigenvalue weighted by Crippen LogP contribution is 1.79. The molecule has 0 heterocycles. The monoisotopic (exact) mass is 169 g/mol. The van der Waals surface area contributed by atoms with E-state index >= 15 is 0 Å². The second-order valence-corrected chi connectivity index (χ2v) is 2.10. The zero-order valence-corrected chi connectivity index (χ0v) is 6.84. The van der Waals surface area contributed by atoms with E-state index in [-0.39, 0.29) is 5.11 Å². The fourth-order valence-electron chi connectivity index (χ4n) is 0.385. The van der Waals surface area contributed by atoms with Gasteiger partial charge in [-0.25, -0.2) is 5.84 Å². The van der Waals surface area contributed by atoms with Gasteiger partial charge in [-0.05, 0) is 12.2 Å². The van der Waals surface area contributed by atoms with Gasteiger partial charge in [0.05, 0.1) is 0 Å². The molecular weight excluding hydrogens is 158 g/mol. The maximum Gasteiger partial charge on any atom is 0.177 e. The Kier molecular flexibility index (Phi) is 6.27. The van der Waals surface area contributed by atoms with Crippen molar-refractivity contribution in [3.05, 3.63) is 36.4 Å². The maximum atomic E-state index is 4.79. The second kappa shape index (κ2) is 6.98. The lowest BCUT2D eigenvalue weighted by atomic mass is 10.4. The third-order valence-electron chi connectivity index (χ3n) is 0.809. The molecule has 0 fully saturated rings. The van der Waals surface area contributed by atoms with Gasteiger partial charge in [-0.15, -0.1) is 0 Å². The Hall–Kier alpha value is -1.13. The van der Waals surface area contributed by atoms with Gasteiger partial charge in [0.25, 0.3) is 0 Å². The van der Waals surface area contributed by atoms with E-state index in [0.29, 0.717) is 0 Å². The van der Waals surface area contributed by atoms with Crippen LogP contribution in [0.1, 0.15) is 0 Å². The fraction of sp³-hybridized carbons (Fsp3) is 0. The van der Waals surface area contributed by atoms with Crippen LogP contribution >= 0.6 is 12.2 Å². The molecule has 0 aliphatic rings. The molecule has 0 saturated carbocycles. The maximum absolute atomic E-state index is 4.79. The summed E-state index contributed by atoms with van der Waals surface area (Å²) in [6, 6.07) is 12.0. The largest absolute Gasteiger partial charge is 0.375 e. The molecule has 1 aromatic carbocycles. The van der Waals surface area contributed by atoms with E-state index in [2.05, 4.69) is 18.1 Å². The van der Waals surface area contributed by atoms with Crippen molar-refractivity contribution in [3.63, 3.8) is 0 Å². The van der Waals surface area contributed by atoms with Crippen LogP contribution < -0.4 is 17.0 Å². The Morgan fingerprint density at radius 3 is 1.27 bits per heavy atom. The van der Waals surface area contributed by atoms with E-state index in [1.165, 1.54) is 0 Å². The summed E-state index contributed by atoms with van der Waals surface area (Å²) in [4.78, 5) is 0. The van der Waals surface area contributed by atoms with E-state index in [1.54, 1.807) is 0 Å². The molecule has 0 aliphatic carbocycles. The quantitative estimate of drug-likeness (QED) is 0.298. The van der Waals surface area contributed by atoms with Crippen molar-refractivity contribution in [2.75, 3.05) is 0 Å². The van der Waals surface area contributed by atoms with Crippen LogP contribution in [0.25, 0.3) is 0 Å². The predicted molar refractivity (Wildman–Crippen MR) is 50.6 cm³/mol. The molecule has 0 radical (unpaired) electrons. The normalized spacial score (nSPS) is 7.36. The van der Waals surface area contributed by atoms with Crippen molar-refractivity contribution in [3.8, 4) is 0 Å². The average molecular weight is 169 g/mol. The van der Waals surface area contributed by atoms with Crippen LogP contribution in [0, 0.1) is 0 Å². The van der Waals surface area contributed by atoms with Gasteiger partial charge in [-0.1, -0.05) is 36.4 Å². The molecule has 3 nitrogen and oxygen atoms in total. The van der Waals surface area contributed by atoms with Gasteiger partial charge >= 0.3 is 0 Å². The Morgan fingerprint density at radius 2 is 1.18 bits per heavy atom. The molecule has 5 N–H and O–H groups in total. The molecule has 4 heteroatoms. The fourth-order valence-corrected chi connectivity index (χ4v) is 0.385. The third-order valence-corrected chi connectivity index (χ3v) is 0.927. The number of nitrogens with two attached hydrogens (primary N) is 2. The molecule has 11 heavy (non-hydrogen) atoms. The number of hydrazine groups is 1. The number of nitrogens with one attached hydrogen (secondary N) is 1. The van der Waals surface area contributed by atoms with Crippen molar-refractivity contribution >= 4 is 17.3 Å². The van der Waals surface area contributed by atoms with Crippen LogP contribution in [-0.4, -0.2) is 5.11 Å². The molecule has 0 aliphatic heterocycles.